The molecule has 1 amide bonds. The average Bonchev–Trinajstić information content (AvgIpc) is 2.93. The van der Waals surface area contributed by atoms with E-state index in [1.54, 1.807) is 17.2 Å². The van der Waals surface area contributed by atoms with E-state index < -0.39 is 0 Å². The minimum Gasteiger partial charge on any atom is -0.357 e. The highest BCUT2D eigenvalue weighted by molar-refractivity contribution is 5.92. The molecule has 4 heteroatoms. The van der Waals surface area contributed by atoms with Gasteiger partial charge in [0, 0.05) is 25.8 Å². The zero-order valence-corrected chi connectivity index (χ0v) is 8.94. The Hall–Kier alpha value is -1.29. The number of rotatable bonds is 4. The summed E-state index contributed by atoms with van der Waals surface area (Å²) in [5, 5.41) is 0. The van der Waals surface area contributed by atoms with E-state index >= 15 is 0 Å². The molecular formula is C11H17N3O. The van der Waals surface area contributed by atoms with E-state index in [-0.39, 0.29) is 11.9 Å². The highest BCUT2D eigenvalue weighted by Crippen LogP contribution is 2.34. The molecule has 0 radical (unpaired) electrons. The molecule has 0 saturated heterocycles. The van der Waals surface area contributed by atoms with Crippen LogP contribution in [0.5, 0.6) is 0 Å². The van der Waals surface area contributed by atoms with Crippen LogP contribution >= 0.6 is 0 Å². The maximum Gasteiger partial charge on any atom is 0.270 e. The molecule has 0 spiro atoms. The lowest BCUT2D eigenvalue weighted by Gasteiger charge is -2.26. The lowest BCUT2D eigenvalue weighted by Crippen LogP contribution is -2.43. The fraction of sp³-hybridized carbons (Fsp3) is 0.545. The Morgan fingerprint density at radius 3 is 2.93 bits per heavy atom. The summed E-state index contributed by atoms with van der Waals surface area (Å²) in [7, 11) is 1.83. The van der Waals surface area contributed by atoms with Crippen LogP contribution in [0.15, 0.2) is 18.3 Å². The minimum atomic E-state index is 0.0300. The summed E-state index contributed by atoms with van der Waals surface area (Å²) < 4.78 is 0. The Labute approximate surface area is 89.5 Å². The maximum atomic E-state index is 12.0. The number of aromatic amines is 1. The molecule has 1 aromatic rings. The van der Waals surface area contributed by atoms with Crippen molar-refractivity contribution in [1.29, 1.82) is 0 Å². The molecule has 0 bridgehead atoms. The van der Waals surface area contributed by atoms with Crippen LogP contribution in [0.2, 0.25) is 0 Å². The Kier molecular flexibility index (Phi) is 2.77. The van der Waals surface area contributed by atoms with Gasteiger partial charge in [-0.25, -0.2) is 0 Å². The summed E-state index contributed by atoms with van der Waals surface area (Å²) in [6, 6.07) is 3.82. The molecule has 0 aliphatic heterocycles. The average molecular weight is 207 g/mol. The molecule has 1 aliphatic rings. The third kappa shape index (κ3) is 2.04. The number of hydrogen-bond donors (Lipinski definition) is 2. The summed E-state index contributed by atoms with van der Waals surface area (Å²) in [6.07, 6.45) is 4.16. The van der Waals surface area contributed by atoms with E-state index in [0.717, 1.165) is 0 Å². The van der Waals surface area contributed by atoms with Gasteiger partial charge in [0.25, 0.3) is 5.91 Å². The van der Waals surface area contributed by atoms with Crippen molar-refractivity contribution in [2.24, 2.45) is 11.7 Å². The molecule has 2 rings (SSSR count). The summed E-state index contributed by atoms with van der Waals surface area (Å²) in [5.41, 5.74) is 6.34. The van der Waals surface area contributed by atoms with Crippen molar-refractivity contribution in [3.8, 4) is 0 Å². The van der Waals surface area contributed by atoms with Gasteiger partial charge in [-0.3, -0.25) is 4.79 Å². The number of H-pyrrole nitrogens is 1. The summed E-state index contributed by atoms with van der Waals surface area (Å²) in [4.78, 5) is 16.7. The summed E-state index contributed by atoms with van der Waals surface area (Å²) >= 11 is 0. The first kappa shape index (κ1) is 10.2. The first-order valence-electron chi connectivity index (χ1n) is 5.34. The van der Waals surface area contributed by atoms with E-state index in [0.29, 0.717) is 18.2 Å². The molecule has 82 valence electrons. The van der Waals surface area contributed by atoms with Crippen molar-refractivity contribution in [3.05, 3.63) is 24.0 Å². The number of nitrogens with one attached hydrogen (secondary N) is 1. The Morgan fingerprint density at radius 2 is 2.47 bits per heavy atom. The zero-order valence-electron chi connectivity index (χ0n) is 8.94. The van der Waals surface area contributed by atoms with Crippen molar-refractivity contribution in [2.75, 3.05) is 13.6 Å². The second-order valence-corrected chi connectivity index (χ2v) is 4.14. The van der Waals surface area contributed by atoms with Gasteiger partial charge < -0.3 is 15.6 Å². The molecule has 15 heavy (non-hydrogen) atoms. The first-order valence-corrected chi connectivity index (χ1v) is 5.34. The largest absolute Gasteiger partial charge is 0.357 e. The van der Waals surface area contributed by atoms with Gasteiger partial charge in [0.2, 0.25) is 0 Å². The first-order chi connectivity index (χ1) is 7.24. The van der Waals surface area contributed by atoms with Crippen molar-refractivity contribution < 1.29 is 4.79 Å². The van der Waals surface area contributed by atoms with Crippen LogP contribution in [0.1, 0.15) is 23.3 Å². The fourth-order valence-corrected chi connectivity index (χ4v) is 1.95. The maximum absolute atomic E-state index is 12.0. The van der Waals surface area contributed by atoms with E-state index in [9.17, 15) is 4.79 Å². The highest BCUT2D eigenvalue weighted by Gasteiger charge is 2.35. The second kappa shape index (κ2) is 4.06. The number of aromatic nitrogens is 1. The normalized spacial score (nSPS) is 17.5. The molecule has 1 aliphatic carbocycles. The van der Waals surface area contributed by atoms with E-state index in [1.165, 1.54) is 12.8 Å². The Balaban J connectivity index is 2.05. The predicted octanol–water partition coefficient (Wildman–Crippen LogP) is 0.824. The van der Waals surface area contributed by atoms with Crippen molar-refractivity contribution in [2.45, 2.75) is 18.9 Å². The molecule has 1 fully saturated rings. The highest BCUT2D eigenvalue weighted by atomic mass is 16.2. The van der Waals surface area contributed by atoms with Crippen LogP contribution in [0.3, 0.4) is 0 Å². The lowest BCUT2D eigenvalue weighted by atomic mass is 10.1. The SMILES string of the molecule is CN(C(=O)c1ccc[nH]1)C(CN)C1CC1. The van der Waals surface area contributed by atoms with Crippen LogP contribution in [0.25, 0.3) is 0 Å². The lowest BCUT2D eigenvalue weighted by molar-refractivity contribution is 0.0713. The molecule has 0 aromatic carbocycles. The van der Waals surface area contributed by atoms with Gasteiger partial charge in [0.05, 0.1) is 0 Å². The van der Waals surface area contributed by atoms with Gasteiger partial charge in [0.1, 0.15) is 5.69 Å². The van der Waals surface area contributed by atoms with Crippen LogP contribution < -0.4 is 5.73 Å². The monoisotopic (exact) mass is 207 g/mol. The van der Waals surface area contributed by atoms with Crippen LogP contribution in [0.4, 0.5) is 0 Å². The summed E-state index contributed by atoms with van der Waals surface area (Å²) in [6.45, 7) is 0.549. The standard InChI is InChI=1S/C11H17N3O/c1-14(10(7-12)8-4-5-8)11(15)9-3-2-6-13-9/h2-3,6,8,10,13H,4-5,7,12H2,1H3. The predicted molar refractivity (Wildman–Crippen MR) is 58.5 cm³/mol. The number of amides is 1. The number of hydrogen-bond acceptors (Lipinski definition) is 2. The quantitative estimate of drug-likeness (QED) is 0.768. The molecule has 1 heterocycles. The topological polar surface area (TPSA) is 62.1 Å². The number of carbonyl (C=O) groups excluding carboxylic acids is 1. The number of carbonyl (C=O) groups is 1. The van der Waals surface area contributed by atoms with Crippen LogP contribution in [0, 0.1) is 5.92 Å². The number of nitrogens with two attached hydrogens (primary N) is 1. The Morgan fingerprint density at radius 1 is 1.73 bits per heavy atom. The summed E-state index contributed by atoms with van der Waals surface area (Å²) in [5.74, 6) is 0.640. The molecule has 1 unspecified atom stereocenters. The molecule has 1 atom stereocenters. The van der Waals surface area contributed by atoms with Crippen molar-refractivity contribution >= 4 is 5.91 Å². The van der Waals surface area contributed by atoms with Gasteiger partial charge in [-0.15, -0.1) is 0 Å². The Bertz CT molecular complexity index is 330. The molecule has 3 N–H and O–H groups in total. The van der Waals surface area contributed by atoms with Gasteiger partial charge in [0.15, 0.2) is 0 Å². The van der Waals surface area contributed by atoms with E-state index in [2.05, 4.69) is 4.98 Å². The van der Waals surface area contributed by atoms with E-state index in [4.69, 9.17) is 5.73 Å². The smallest absolute Gasteiger partial charge is 0.270 e. The number of nitrogens with zero attached hydrogens (tertiary/aromatic N) is 1. The second-order valence-electron chi connectivity index (χ2n) is 4.14. The third-order valence-electron chi connectivity index (χ3n) is 3.05. The third-order valence-corrected chi connectivity index (χ3v) is 3.05. The zero-order chi connectivity index (χ0) is 10.8. The molecular weight excluding hydrogens is 190 g/mol. The van der Waals surface area contributed by atoms with Crippen LogP contribution in [-0.2, 0) is 0 Å². The van der Waals surface area contributed by atoms with Gasteiger partial charge in [-0.2, -0.15) is 0 Å². The molecule has 4 nitrogen and oxygen atoms in total. The minimum absolute atomic E-state index is 0.0300. The van der Waals surface area contributed by atoms with Gasteiger partial charge in [-0.1, -0.05) is 0 Å². The number of likely N-dealkylation sites (N-methyl/N-ethyl adjacent to an activating group) is 1. The van der Waals surface area contributed by atoms with Crippen LogP contribution in [-0.4, -0.2) is 35.4 Å². The van der Waals surface area contributed by atoms with Crippen molar-refractivity contribution in [1.82, 2.24) is 9.88 Å². The van der Waals surface area contributed by atoms with Crippen molar-refractivity contribution in [3.63, 3.8) is 0 Å². The molecule has 1 saturated carbocycles. The van der Waals surface area contributed by atoms with E-state index in [1.807, 2.05) is 13.1 Å². The van der Waals surface area contributed by atoms with Gasteiger partial charge in [-0.05, 0) is 30.9 Å². The fourth-order valence-electron chi connectivity index (χ4n) is 1.95. The molecule has 1 aromatic heterocycles. The van der Waals surface area contributed by atoms with Gasteiger partial charge >= 0.3 is 0 Å².